The molecule has 9 heteroatoms. The third kappa shape index (κ3) is 5.75. The second-order valence-corrected chi connectivity index (χ2v) is 11.1. The van der Waals surface area contributed by atoms with Crippen molar-refractivity contribution in [2.75, 3.05) is 6.61 Å². The Morgan fingerprint density at radius 1 is 1.18 bits per heavy atom. The second kappa shape index (κ2) is 11.6. The number of halogens is 2. The van der Waals surface area contributed by atoms with Crippen molar-refractivity contribution < 1.29 is 57.7 Å². The Labute approximate surface area is 246 Å². The molecule has 0 atom stereocenters. The molecule has 38 heavy (non-hydrogen) atoms. The van der Waals surface area contributed by atoms with Crippen LogP contribution >= 0.6 is 11.3 Å². The first-order chi connectivity index (χ1) is 17.6. The monoisotopic (exact) mass is 547 g/mol. The summed E-state index contributed by atoms with van der Waals surface area (Å²) in [5, 5.41) is 13.9. The van der Waals surface area contributed by atoms with Gasteiger partial charge < -0.3 is 19.4 Å². The Balaban J connectivity index is 0.00000336. The van der Waals surface area contributed by atoms with Crippen molar-refractivity contribution >= 4 is 38.3 Å². The number of aryl methyl sites for hydroxylation is 2. The number of rotatable bonds is 7. The zero-order chi connectivity index (χ0) is 26.3. The van der Waals surface area contributed by atoms with E-state index in [0.717, 1.165) is 26.1 Å². The van der Waals surface area contributed by atoms with Crippen molar-refractivity contribution in [3.63, 3.8) is 0 Å². The number of aromatic nitrogens is 1. The summed E-state index contributed by atoms with van der Waals surface area (Å²) in [4.78, 5) is 18.1. The number of carboxylic acid groups (broad SMARTS) is 1. The van der Waals surface area contributed by atoms with Crippen LogP contribution in [0.4, 0.5) is 8.78 Å². The van der Waals surface area contributed by atoms with E-state index in [9.17, 15) is 18.7 Å². The van der Waals surface area contributed by atoms with Gasteiger partial charge in [-0.05, 0) is 87.1 Å². The molecule has 0 amide bonds. The van der Waals surface area contributed by atoms with E-state index in [4.69, 9.17) is 14.5 Å². The molecule has 4 aromatic rings. The second-order valence-electron chi connectivity index (χ2n) is 10.1. The molecule has 1 aliphatic rings. The van der Waals surface area contributed by atoms with Crippen LogP contribution in [0, 0.1) is 19.8 Å². The van der Waals surface area contributed by atoms with E-state index in [1.54, 1.807) is 30.4 Å². The largest absolute Gasteiger partial charge is 1.00 e. The molecule has 2 aromatic carbocycles. The fourth-order valence-corrected chi connectivity index (χ4v) is 6.42. The van der Waals surface area contributed by atoms with Crippen LogP contribution in [-0.2, 0) is 4.74 Å². The van der Waals surface area contributed by atoms with Crippen LogP contribution in [0.2, 0.25) is 0 Å². The Morgan fingerprint density at radius 2 is 1.89 bits per heavy atom. The number of carbonyl (C=O) groups is 1. The molecule has 0 aliphatic heterocycles. The van der Waals surface area contributed by atoms with Crippen LogP contribution in [0.1, 0.15) is 54.1 Å². The molecule has 2 heterocycles. The molecule has 0 spiro atoms. The molecular weight excluding hydrogens is 519 g/mol. The van der Waals surface area contributed by atoms with Gasteiger partial charge in [-0.2, -0.15) is 8.78 Å². The summed E-state index contributed by atoms with van der Waals surface area (Å²) in [6.45, 7) is 3.20. The number of thiophene rings is 1. The average Bonchev–Trinajstić information content (AvgIpc) is 3.20. The van der Waals surface area contributed by atoms with E-state index < -0.39 is 18.2 Å². The molecule has 0 bridgehead atoms. The quantitative estimate of drug-likeness (QED) is 0.330. The van der Waals surface area contributed by atoms with Crippen molar-refractivity contribution in [1.82, 2.24) is 4.98 Å². The van der Waals surface area contributed by atoms with Gasteiger partial charge in [-0.15, -0.1) is 11.3 Å². The molecule has 5 rings (SSSR count). The molecule has 2 aromatic heterocycles. The third-order valence-electron chi connectivity index (χ3n) is 7.43. The number of hydrogen-bond acceptors (Lipinski definition) is 6. The number of alkyl halides is 2. The van der Waals surface area contributed by atoms with Gasteiger partial charge in [0.25, 0.3) is 0 Å². The molecule has 0 N–H and O–H groups in total. The SMILES string of the molecule is Cc1c(-c2cc(C(=O)[O-])c3c(OCC4CCC(C)(OC(F)F)CC4)ccc(C)c3n2)sc2ccccc12.[Na+]. The summed E-state index contributed by atoms with van der Waals surface area (Å²) >= 11 is 1.58. The van der Waals surface area contributed by atoms with Gasteiger partial charge in [-0.25, -0.2) is 4.98 Å². The van der Waals surface area contributed by atoms with Gasteiger partial charge in [-0.1, -0.05) is 24.3 Å². The first-order valence-electron chi connectivity index (χ1n) is 12.4. The van der Waals surface area contributed by atoms with E-state index in [2.05, 4.69) is 6.07 Å². The molecule has 1 fully saturated rings. The minimum Gasteiger partial charge on any atom is -0.545 e. The molecule has 0 unspecified atom stereocenters. The van der Waals surface area contributed by atoms with Crippen molar-refractivity contribution in [3.8, 4) is 16.3 Å². The van der Waals surface area contributed by atoms with Crippen LogP contribution in [0.15, 0.2) is 42.5 Å². The minimum atomic E-state index is -2.78. The van der Waals surface area contributed by atoms with Gasteiger partial charge in [0.15, 0.2) is 0 Å². The predicted molar refractivity (Wildman–Crippen MR) is 139 cm³/mol. The topological polar surface area (TPSA) is 71.5 Å². The summed E-state index contributed by atoms with van der Waals surface area (Å²) in [6, 6.07) is 13.3. The zero-order valence-corrected chi connectivity index (χ0v) is 24.8. The standard InChI is InChI=1S/C29H29F2NO4S.Na/c1-16-8-9-22(35-15-18-10-12-29(3,13-11-18)36-28(30)31)24-20(27(33)34)14-21(32-25(16)24)26-17(2)19-6-4-5-7-23(19)37-26;/h4-9,14,18,28H,10-13,15H2,1-3H3,(H,33,34);/q;+1/p-1. The number of carboxylic acids is 1. The van der Waals surface area contributed by atoms with E-state index in [-0.39, 0.29) is 41.0 Å². The number of pyridine rings is 1. The maximum atomic E-state index is 12.7. The fourth-order valence-electron chi connectivity index (χ4n) is 5.25. The van der Waals surface area contributed by atoms with E-state index >= 15 is 0 Å². The Hall–Kier alpha value is -2.10. The summed E-state index contributed by atoms with van der Waals surface area (Å²) in [5.41, 5.74) is 2.26. The summed E-state index contributed by atoms with van der Waals surface area (Å²) in [7, 11) is 0. The number of aromatic carboxylic acids is 1. The third-order valence-corrected chi connectivity index (χ3v) is 8.73. The number of fused-ring (bicyclic) bond motifs is 2. The van der Waals surface area contributed by atoms with Gasteiger partial charge in [0.05, 0.1) is 39.7 Å². The molecule has 0 radical (unpaired) electrons. The number of ether oxygens (including phenoxy) is 2. The van der Waals surface area contributed by atoms with Gasteiger partial charge in [0.2, 0.25) is 0 Å². The van der Waals surface area contributed by atoms with Crippen LogP contribution < -0.4 is 39.4 Å². The summed E-state index contributed by atoms with van der Waals surface area (Å²) < 4.78 is 37.5. The zero-order valence-electron chi connectivity index (χ0n) is 22.0. The maximum Gasteiger partial charge on any atom is 1.00 e. The maximum absolute atomic E-state index is 12.7. The van der Waals surface area contributed by atoms with Crippen molar-refractivity contribution in [3.05, 3.63) is 59.2 Å². The van der Waals surface area contributed by atoms with Gasteiger partial charge in [-0.3, -0.25) is 0 Å². The number of nitrogens with zero attached hydrogens (tertiary/aromatic N) is 1. The van der Waals surface area contributed by atoms with Crippen LogP contribution in [0.3, 0.4) is 0 Å². The first-order valence-corrected chi connectivity index (χ1v) is 13.2. The van der Waals surface area contributed by atoms with Gasteiger partial charge >= 0.3 is 36.2 Å². The summed E-state index contributed by atoms with van der Waals surface area (Å²) in [5.74, 6) is -0.699. The molecule has 194 valence electrons. The predicted octanol–water partition coefficient (Wildman–Crippen LogP) is 3.67. The Kier molecular flexibility index (Phi) is 8.79. The van der Waals surface area contributed by atoms with Crippen LogP contribution in [-0.4, -0.2) is 29.8 Å². The van der Waals surface area contributed by atoms with Crippen LogP contribution in [0.25, 0.3) is 31.6 Å². The number of carbonyl (C=O) groups excluding carboxylic acids is 1. The fraction of sp³-hybridized carbons (Fsp3) is 0.379. The van der Waals surface area contributed by atoms with E-state index in [1.807, 2.05) is 38.1 Å². The molecule has 5 nitrogen and oxygen atoms in total. The van der Waals surface area contributed by atoms with Crippen molar-refractivity contribution in [2.45, 2.75) is 58.7 Å². The number of benzene rings is 2. The number of hydrogen-bond donors (Lipinski definition) is 0. The first kappa shape index (κ1) is 28.9. The van der Waals surface area contributed by atoms with E-state index in [0.29, 0.717) is 54.6 Å². The summed E-state index contributed by atoms with van der Waals surface area (Å²) in [6.07, 6.45) is 2.41. The van der Waals surface area contributed by atoms with Crippen molar-refractivity contribution in [1.29, 1.82) is 0 Å². The van der Waals surface area contributed by atoms with Crippen LogP contribution in [0.5, 0.6) is 5.75 Å². The molecule has 1 aliphatic carbocycles. The van der Waals surface area contributed by atoms with Gasteiger partial charge in [0.1, 0.15) is 5.75 Å². The molecule has 0 saturated heterocycles. The normalized spacial score (nSPS) is 19.6. The van der Waals surface area contributed by atoms with E-state index in [1.165, 1.54) is 0 Å². The molecular formula is C29H28F2NNaO4S. The van der Waals surface area contributed by atoms with Crippen molar-refractivity contribution in [2.24, 2.45) is 5.92 Å². The minimum absolute atomic E-state index is 0. The smallest absolute Gasteiger partial charge is 0.545 e. The Bertz CT molecular complexity index is 1480. The Morgan fingerprint density at radius 3 is 2.55 bits per heavy atom. The average molecular weight is 548 g/mol. The van der Waals surface area contributed by atoms with Gasteiger partial charge in [0, 0.05) is 10.3 Å². The molecule has 1 saturated carbocycles.